The monoisotopic (exact) mass is 180 g/mol. The van der Waals surface area contributed by atoms with Crippen LogP contribution in [0.2, 0.25) is 0 Å². The molecule has 0 saturated carbocycles. The summed E-state index contributed by atoms with van der Waals surface area (Å²) in [6.07, 6.45) is 4.52. The fraction of sp³-hybridized carbons (Fsp3) is 0.778. The summed E-state index contributed by atoms with van der Waals surface area (Å²) in [6, 6.07) is 0.495. The number of hydrogen-bond donors (Lipinski definition) is 1. The van der Waals surface area contributed by atoms with Gasteiger partial charge in [-0.25, -0.2) is 9.67 Å². The number of aryl methyl sites for hydroxylation is 2. The van der Waals surface area contributed by atoms with Crippen LogP contribution in [0.15, 0.2) is 0 Å². The van der Waals surface area contributed by atoms with Crippen LogP contribution in [0.3, 0.4) is 0 Å². The predicted molar refractivity (Wildman–Crippen MR) is 50.4 cm³/mol. The van der Waals surface area contributed by atoms with Crippen LogP contribution >= 0.6 is 0 Å². The van der Waals surface area contributed by atoms with E-state index in [2.05, 4.69) is 14.8 Å². The van der Waals surface area contributed by atoms with Crippen LogP contribution < -0.4 is 5.73 Å². The number of nitrogens with two attached hydrogens (primary N) is 1. The summed E-state index contributed by atoms with van der Waals surface area (Å²) in [7, 11) is 0. The van der Waals surface area contributed by atoms with E-state index in [0.717, 1.165) is 31.0 Å². The SMILES string of the molecule is Cc1nc2n(n1)C(CCN)CCC2. The fourth-order valence-corrected chi connectivity index (χ4v) is 2.01. The standard InChI is InChI=1S/C9H16N4/c1-7-11-9-4-2-3-8(5-6-10)13(9)12-7/h8H,2-6,10H2,1H3. The van der Waals surface area contributed by atoms with Crippen LogP contribution in [0.4, 0.5) is 0 Å². The molecule has 2 heterocycles. The van der Waals surface area contributed by atoms with Gasteiger partial charge in [0.2, 0.25) is 0 Å². The third-order valence-electron chi connectivity index (χ3n) is 2.59. The Labute approximate surface area is 78.1 Å². The van der Waals surface area contributed by atoms with Gasteiger partial charge in [0.15, 0.2) is 0 Å². The summed E-state index contributed by atoms with van der Waals surface area (Å²) < 4.78 is 2.08. The molecule has 0 amide bonds. The molecule has 1 unspecified atom stereocenters. The Hall–Kier alpha value is -0.900. The van der Waals surface area contributed by atoms with Crippen LogP contribution in [0.25, 0.3) is 0 Å². The molecular weight excluding hydrogens is 164 g/mol. The van der Waals surface area contributed by atoms with Gasteiger partial charge in [0.25, 0.3) is 0 Å². The van der Waals surface area contributed by atoms with Crippen LogP contribution in [0.5, 0.6) is 0 Å². The maximum absolute atomic E-state index is 5.56. The van der Waals surface area contributed by atoms with Crippen molar-refractivity contribution in [3.63, 3.8) is 0 Å². The maximum Gasteiger partial charge on any atom is 0.147 e. The van der Waals surface area contributed by atoms with E-state index in [1.54, 1.807) is 0 Å². The summed E-state index contributed by atoms with van der Waals surface area (Å²) in [5.41, 5.74) is 5.56. The fourth-order valence-electron chi connectivity index (χ4n) is 2.01. The Bertz CT molecular complexity index is 292. The van der Waals surface area contributed by atoms with Crippen molar-refractivity contribution in [2.24, 2.45) is 5.73 Å². The average molecular weight is 180 g/mol. The first-order chi connectivity index (χ1) is 6.31. The number of fused-ring (bicyclic) bond motifs is 1. The smallest absolute Gasteiger partial charge is 0.147 e. The summed E-state index contributed by atoms with van der Waals surface area (Å²) in [6.45, 7) is 2.69. The number of nitrogens with zero attached hydrogens (tertiary/aromatic N) is 3. The van der Waals surface area contributed by atoms with E-state index in [1.165, 1.54) is 12.8 Å². The first-order valence-corrected chi connectivity index (χ1v) is 4.93. The van der Waals surface area contributed by atoms with Crippen molar-refractivity contribution in [1.29, 1.82) is 0 Å². The molecule has 0 fully saturated rings. The zero-order valence-corrected chi connectivity index (χ0v) is 8.03. The minimum absolute atomic E-state index is 0.495. The van der Waals surface area contributed by atoms with Gasteiger partial charge < -0.3 is 5.73 Å². The Kier molecular flexibility index (Phi) is 2.31. The van der Waals surface area contributed by atoms with Gasteiger partial charge in [-0.1, -0.05) is 0 Å². The van der Waals surface area contributed by atoms with Gasteiger partial charge in [0.05, 0.1) is 6.04 Å². The zero-order valence-electron chi connectivity index (χ0n) is 8.03. The van der Waals surface area contributed by atoms with Gasteiger partial charge in [-0.3, -0.25) is 0 Å². The van der Waals surface area contributed by atoms with E-state index in [9.17, 15) is 0 Å². The van der Waals surface area contributed by atoms with E-state index in [1.807, 2.05) is 6.92 Å². The highest BCUT2D eigenvalue weighted by molar-refractivity contribution is 4.97. The molecule has 1 aliphatic rings. The second-order valence-corrected chi connectivity index (χ2v) is 3.64. The van der Waals surface area contributed by atoms with Gasteiger partial charge in [-0.05, 0) is 32.7 Å². The predicted octanol–water partition coefficient (Wildman–Crippen LogP) is 0.813. The lowest BCUT2D eigenvalue weighted by Crippen LogP contribution is -2.21. The highest BCUT2D eigenvalue weighted by Crippen LogP contribution is 2.24. The number of aromatic nitrogens is 3. The normalized spacial score (nSPS) is 21.5. The lowest BCUT2D eigenvalue weighted by molar-refractivity contribution is 0.346. The molecule has 1 aromatic heterocycles. The number of rotatable bonds is 2. The average Bonchev–Trinajstić information content (AvgIpc) is 2.47. The van der Waals surface area contributed by atoms with Gasteiger partial charge >= 0.3 is 0 Å². The van der Waals surface area contributed by atoms with Crippen molar-refractivity contribution in [1.82, 2.24) is 14.8 Å². The zero-order chi connectivity index (χ0) is 9.26. The van der Waals surface area contributed by atoms with Crippen LogP contribution in [0, 0.1) is 6.92 Å². The molecule has 0 spiro atoms. The molecule has 0 saturated heterocycles. The van der Waals surface area contributed by atoms with Crippen molar-refractivity contribution >= 4 is 0 Å². The Morgan fingerprint density at radius 1 is 1.62 bits per heavy atom. The molecule has 13 heavy (non-hydrogen) atoms. The molecule has 4 nitrogen and oxygen atoms in total. The van der Waals surface area contributed by atoms with Crippen LogP contribution in [-0.4, -0.2) is 21.3 Å². The molecule has 0 bridgehead atoms. The van der Waals surface area contributed by atoms with Crippen molar-refractivity contribution in [2.45, 2.75) is 38.6 Å². The Morgan fingerprint density at radius 3 is 3.23 bits per heavy atom. The summed E-state index contributed by atoms with van der Waals surface area (Å²) in [4.78, 5) is 4.39. The van der Waals surface area contributed by atoms with Crippen molar-refractivity contribution in [3.8, 4) is 0 Å². The molecule has 4 heteroatoms. The molecule has 0 radical (unpaired) electrons. The summed E-state index contributed by atoms with van der Waals surface area (Å²) in [5.74, 6) is 2.03. The van der Waals surface area contributed by atoms with E-state index >= 15 is 0 Å². The Morgan fingerprint density at radius 2 is 2.46 bits per heavy atom. The molecule has 1 aromatic rings. The van der Waals surface area contributed by atoms with Crippen molar-refractivity contribution in [2.75, 3.05) is 6.54 Å². The number of hydrogen-bond acceptors (Lipinski definition) is 3. The molecule has 1 aliphatic heterocycles. The van der Waals surface area contributed by atoms with E-state index in [4.69, 9.17) is 5.73 Å². The molecule has 72 valence electrons. The Balaban J connectivity index is 2.25. The third kappa shape index (κ3) is 1.58. The second-order valence-electron chi connectivity index (χ2n) is 3.64. The lowest BCUT2D eigenvalue weighted by atomic mass is 10.0. The van der Waals surface area contributed by atoms with Gasteiger partial charge in [-0.15, -0.1) is 0 Å². The van der Waals surface area contributed by atoms with Gasteiger partial charge in [-0.2, -0.15) is 5.10 Å². The van der Waals surface area contributed by atoms with E-state index < -0.39 is 0 Å². The molecular formula is C9H16N4. The first kappa shape index (κ1) is 8.69. The van der Waals surface area contributed by atoms with Crippen LogP contribution in [0.1, 0.15) is 37.0 Å². The highest BCUT2D eigenvalue weighted by atomic mass is 15.4. The minimum atomic E-state index is 0.495. The minimum Gasteiger partial charge on any atom is -0.330 e. The topological polar surface area (TPSA) is 56.7 Å². The maximum atomic E-state index is 5.56. The quantitative estimate of drug-likeness (QED) is 0.732. The van der Waals surface area contributed by atoms with E-state index in [-0.39, 0.29) is 0 Å². The van der Waals surface area contributed by atoms with Crippen molar-refractivity contribution in [3.05, 3.63) is 11.6 Å². The molecule has 0 aromatic carbocycles. The lowest BCUT2D eigenvalue weighted by Gasteiger charge is -2.22. The molecule has 1 atom stereocenters. The summed E-state index contributed by atoms with van der Waals surface area (Å²) >= 11 is 0. The molecule has 2 rings (SSSR count). The van der Waals surface area contributed by atoms with Gasteiger partial charge in [0.1, 0.15) is 11.6 Å². The second kappa shape index (κ2) is 3.46. The molecule has 2 N–H and O–H groups in total. The van der Waals surface area contributed by atoms with Crippen LogP contribution in [-0.2, 0) is 6.42 Å². The third-order valence-corrected chi connectivity index (χ3v) is 2.59. The van der Waals surface area contributed by atoms with Crippen molar-refractivity contribution < 1.29 is 0 Å². The van der Waals surface area contributed by atoms with E-state index in [0.29, 0.717) is 6.04 Å². The first-order valence-electron chi connectivity index (χ1n) is 4.93. The largest absolute Gasteiger partial charge is 0.330 e. The highest BCUT2D eigenvalue weighted by Gasteiger charge is 2.21. The van der Waals surface area contributed by atoms with Gasteiger partial charge in [0, 0.05) is 6.42 Å². The summed E-state index contributed by atoms with van der Waals surface area (Å²) in [5, 5.41) is 4.40. The molecule has 0 aliphatic carbocycles.